The van der Waals surface area contributed by atoms with E-state index in [1.54, 1.807) is 4.90 Å². The molecule has 0 spiro atoms. The summed E-state index contributed by atoms with van der Waals surface area (Å²) in [7, 11) is 1.83. The Bertz CT molecular complexity index is 996. The molecule has 3 aromatic carbocycles. The second-order valence-electron chi connectivity index (χ2n) is 7.79. The number of hydrogen-bond donors (Lipinski definition) is 1. The van der Waals surface area contributed by atoms with Crippen LogP contribution >= 0.6 is 0 Å². The maximum Gasteiger partial charge on any atom is 0.230 e. The number of hydrogen-bond acceptors (Lipinski definition) is 2. The number of anilines is 1. The van der Waals surface area contributed by atoms with E-state index in [0.717, 1.165) is 27.9 Å². The maximum absolute atomic E-state index is 12.9. The lowest BCUT2D eigenvalue weighted by atomic mass is 9.75. The molecule has 0 saturated carbocycles. The van der Waals surface area contributed by atoms with Gasteiger partial charge >= 0.3 is 0 Å². The molecular formula is C25H25NO2. The predicted octanol–water partition coefficient (Wildman–Crippen LogP) is 4.69. The van der Waals surface area contributed by atoms with Crippen LogP contribution in [0.1, 0.15) is 42.0 Å². The molecule has 3 nitrogen and oxygen atoms in total. The lowest BCUT2D eigenvalue weighted by molar-refractivity contribution is -0.122. The number of nitrogens with zero attached hydrogens (tertiary/aromatic N) is 1. The molecule has 28 heavy (non-hydrogen) atoms. The van der Waals surface area contributed by atoms with Crippen LogP contribution in [-0.4, -0.2) is 18.1 Å². The zero-order valence-electron chi connectivity index (χ0n) is 16.5. The first-order chi connectivity index (χ1) is 13.4. The summed E-state index contributed by atoms with van der Waals surface area (Å²) < 4.78 is 0. The van der Waals surface area contributed by atoms with Gasteiger partial charge in [-0.25, -0.2) is 0 Å². The maximum atomic E-state index is 12.9. The van der Waals surface area contributed by atoms with E-state index < -0.39 is 5.60 Å². The Balaban J connectivity index is 1.88. The molecule has 1 N–H and O–H groups in total. The first-order valence-corrected chi connectivity index (χ1v) is 9.66. The van der Waals surface area contributed by atoms with E-state index in [1.165, 1.54) is 0 Å². The molecule has 1 aliphatic heterocycles. The van der Waals surface area contributed by atoms with Crippen molar-refractivity contribution in [3.05, 3.63) is 101 Å². The summed E-state index contributed by atoms with van der Waals surface area (Å²) in [6.07, 6.45) is 0. The van der Waals surface area contributed by atoms with Gasteiger partial charge in [-0.1, -0.05) is 73.7 Å². The van der Waals surface area contributed by atoms with E-state index >= 15 is 0 Å². The Hall–Kier alpha value is -2.91. The highest BCUT2D eigenvalue weighted by Gasteiger charge is 2.38. The first kappa shape index (κ1) is 18.5. The molecule has 3 aromatic rings. The summed E-state index contributed by atoms with van der Waals surface area (Å²) in [4.78, 5) is 14.6. The molecule has 3 atom stereocenters. The summed E-state index contributed by atoms with van der Waals surface area (Å²) >= 11 is 0. The monoisotopic (exact) mass is 371 g/mol. The van der Waals surface area contributed by atoms with Crippen LogP contribution in [0.15, 0.2) is 78.9 Å². The van der Waals surface area contributed by atoms with Gasteiger partial charge < -0.3 is 10.0 Å². The first-order valence-electron chi connectivity index (χ1n) is 9.66. The fraction of sp³-hybridized carbons (Fsp3) is 0.240. The Morgan fingerprint density at radius 3 is 2.14 bits per heavy atom. The topological polar surface area (TPSA) is 40.5 Å². The minimum absolute atomic E-state index is 0.0357. The van der Waals surface area contributed by atoms with Crippen molar-refractivity contribution in [2.75, 3.05) is 11.9 Å². The second kappa shape index (κ2) is 6.92. The molecule has 0 fully saturated rings. The highest BCUT2D eigenvalue weighted by Crippen LogP contribution is 2.44. The van der Waals surface area contributed by atoms with Crippen molar-refractivity contribution in [1.82, 2.24) is 0 Å². The van der Waals surface area contributed by atoms with E-state index in [9.17, 15) is 9.90 Å². The van der Waals surface area contributed by atoms with Gasteiger partial charge in [-0.15, -0.1) is 0 Å². The SMILES string of the molecule is CC1C(=O)N(C)c2ccc(C(C)(O)c3ccccc3)cc2C1c1ccccc1. The third-order valence-electron chi connectivity index (χ3n) is 6.00. The van der Waals surface area contributed by atoms with Gasteiger partial charge in [0.05, 0.1) is 0 Å². The summed E-state index contributed by atoms with van der Waals surface area (Å²) in [5.41, 5.74) is 3.67. The van der Waals surface area contributed by atoms with Crippen LogP contribution in [0.2, 0.25) is 0 Å². The summed E-state index contributed by atoms with van der Waals surface area (Å²) in [6.45, 7) is 3.81. The molecule has 0 radical (unpaired) electrons. The molecule has 1 amide bonds. The van der Waals surface area contributed by atoms with Crippen LogP contribution in [0.25, 0.3) is 0 Å². The number of fused-ring (bicyclic) bond motifs is 1. The standard InChI is InChI=1S/C25H25NO2/c1-17-23(18-10-6-4-7-11-18)21-16-20(14-15-22(21)26(3)24(17)27)25(2,28)19-12-8-5-9-13-19/h4-17,23,28H,1-3H3. The van der Waals surface area contributed by atoms with Gasteiger partial charge in [-0.2, -0.15) is 0 Å². The van der Waals surface area contributed by atoms with E-state index in [2.05, 4.69) is 18.2 Å². The highest BCUT2D eigenvalue weighted by molar-refractivity contribution is 5.99. The number of benzene rings is 3. The highest BCUT2D eigenvalue weighted by atomic mass is 16.3. The molecule has 0 saturated heterocycles. The molecule has 0 bridgehead atoms. The lowest BCUT2D eigenvalue weighted by Crippen LogP contribution is -2.40. The zero-order chi connectivity index (χ0) is 19.9. The van der Waals surface area contributed by atoms with Crippen molar-refractivity contribution in [1.29, 1.82) is 0 Å². The molecule has 4 rings (SSSR count). The molecule has 1 heterocycles. The van der Waals surface area contributed by atoms with Crippen molar-refractivity contribution >= 4 is 11.6 Å². The molecule has 3 unspecified atom stereocenters. The van der Waals surface area contributed by atoms with E-state index in [4.69, 9.17) is 0 Å². The van der Waals surface area contributed by atoms with Crippen LogP contribution in [-0.2, 0) is 10.4 Å². The van der Waals surface area contributed by atoms with Crippen molar-refractivity contribution in [3.8, 4) is 0 Å². The van der Waals surface area contributed by atoms with Crippen molar-refractivity contribution in [3.63, 3.8) is 0 Å². The van der Waals surface area contributed by atoms with Crippen LogP contribution in [0.3, 0.4) is 0 Å². The van der Waals surface area contributed by atoms with Gasteiger partial charge in [0.15, 0.2) is 0 Å². The Morgan fingerprint density at radius 2 is 1.50 bits per heavy atom. The molecule has 1 aliphatic rings. The average Bonchev–Trinajstić information content (AvgIpc) is 2.73. The predicted molar refractivity (Wildman–Crippen MR) is 112 cm³/mol. The minimum Gasteiger partial charge on any atom is -0.381 e. The van der Waals surface area contributed by atoms with Gasteiger partial charge in [-0.3, -0.25) is 4.79 Å². The number of carbonyl (C=O) groups excluding carboxylic acids is 1. The van der Waals surface area contributed by atoms with Crippen LogP contribution in [0, 0.1) is 5.92 Å². The van der Waals surface area contributed by atoms with Gasteiger partial charge in [0.25, 0.3) is 0 Å². The number of amides is 1. The molecule has 0 aromatic heterocycles. The third kappa shape index (κ3) is 2.92. The fourth-order valence-electron chi connectivity index (χ4n) is 4.31. The van der Waals surface area contributed by atoms with E-state index in [1.807, 2.05) is 81.6 Å². The molecular weight excluding hydrogens is 346 g/mol. The molecule has 142 valence electrons. The van der Waals surface area contributed by atoms with E-state index in [-0.39, 0.29) is 17.7 Å². The van der Waals surface area contributed by atoms with Gasteiger partial charge in [0, 0.05) is 24.6 Å². The normalized spacial score (nSPS) is 21.1. The number of aliphatic hydroxyl groups is 1. The second-order valence-corrected chi connectivity index (χ2v) is 7.79. The quantitative estimate of drug-likeness (QED) is 0.726. The lowest BCUT2D eigenvalue weighted by Gasteiger charge is -2.38. The Kier molecular flexibility index (Phi) is 4.56. The van der Waals surface area contributed by atoms with Crippen molar-refractivity contribution in [2.45, 2.75) is 25.4 Å². The average molecular weight is 371 g/mol. The minimum atomic E-state index is -1.11. The van der Waals surface area contributed by atoms with E-state index in [0.29, 0.717) is 0 Å². The summed E-state index contributed by atoms with van der Waals surface area (Å²) in [5, 5.41) is 11.3. The van der Waals surface area contributed by atoms with Gasteiger partial charge in [0.2, 0.25) is 5.91 Å². The number of carbonyl (C=O) groups is 1. The fourth-order valence-corrected chi connectivity index (χ4v) is 4.31. The summed E-state index contributed by atoms with van der Waals surface area (Å²) in [6, 6.07) is 25.8. The van der Waals surface area contributed by atoms with Gasteiger partial charge in [-0.05, 0) is 41.3 Å². The Labute approximate surface area is 166 Å². The van der Waals surface area contributed by atoms with Gasteiger partial charge in [0.1, 0.15) is 5.60 Å². The van der Waals surface area contributed by atoms with Crippen molar-refractivity contribution in [2.24, 2.45) is 5.92 Å². The largest absolute Gasteiger partial charge is 0.381 e. The molecule has 3 heteroatoms. The van der Waals surface area contributed by atoms with Crippen LogP contribution < -0.4 is 4.90 Å². The third-order valence-corrected chi connectivity index (χ3v) is 6.00. The van der Waals surface area contributed by atoms with Crippen LogP contribution in [0.4, 0.5) is 5.69 Å². The van der Waals surface area contributed by atoms with Crippen LogP contribution in [0.5, 0.6) is 0 Å². The van der Waals surface area contributed by atoms with Crippen molar-refractivity contribution < 1.29 is 9.90 Å². The number of rotatable bonds is 3. The Morgan fingerprint density at radius 1 is 0.893 bits per heavy atom. The summed E-state index contributed by atoms with van der Waals surface area (Å²) in [5.74, 6) is -0.0906. The zero-order valence-corrected chi connectivity index (χ0v) is 16.5. The smallest absolute Gasteiger partial charge is 0.230 e. The molecule has 0 aliphatic carbocycles.